The smallest absolute Gasteiger partial charge is 0.314 e. The van der Waals surface area contributed by atoms with Gasteiger partial charge in [0, 0.05) is 20.1 Å². The Hall–Kier alpha value is -1.46. The molecule has 1 aliphatic carbocycles. The van der Waals surface area contributed by atoms with Crippen LogP contribution in [0.15, 0.2) is 0 Å². The maximum Gasteiger partial charge on any atom is 0.323 e. The monoisotopic (exact) mass is 252 g/mol. The molecule has 6 nitrogen and oxygen atoms in total. The van der Waals surface area contributed by atoms with E-state index in [1.807, 2.05) is 4.90 Å². The fraction of sp³-hybridized carbons (Fsp3) is 0.833. The van der Waals surface area contributed by atoms with Gasteiger partial charge in [0.2, 0.25) is 0 Å². The minimum absolute atomic E-state index is 0.0224. The van der Waals surface area contributed by atoms with Gasteiger partial charge in [-0.3, -0.25) is 4.90 Å². The second-order valence-corrected chi connectivity index (χ2v) is 5.51. The van der Waals surface area contributed by atoms with Gasteiger partial charge in [-0.05, 0) is 12.8 Å². The lowest BCUT2D eigenvalue weighted by molar-refractivity contribution is 0.0961. The van der Waals surface area contributed by atoms with E-state index in [1.54, 1.807) is 23.9 Å². The Bertz CT molecular complexity index is 380. The number of urea groups is 2. The highest BCUT2D eigenvalue weighted by atomic mass is 16.2. The Morgan fingerprint density at radius 1 is 1.06 bits per heavy atom. The summed E-state index contributed by atoms with van der Waals surface area (Å²) in [6.07, 6.45) is 5.40. The highest BCUT2D eigenvalue weighted by Gasteiger charge is 2.54. The molecule has 0 aromatic carbocycles. The maximum absolute atomic E-state index is 12.1. The quantitative estimate of drug-likeness (QED) is 0.756. The minimum atomic E-state index is -0.197. The van der Waals surface area contributed by atoms with Crippen molar-refractivity contribution >= 4 is 12.1 Å². The molecule has 18 heavy (non-hydrogen) atoms. The number of carbonyl (C=O) groups excluding carboxylic acids is 2. The summed E-state index contributed by atoms with van der Waals surface area (Å²) >= 11 is 0. The number of fused-ring (bicyclic) bond motifs is 1. The molecule has 0 aromatic rings. The van der Waals surface area contributed by atoms with Gasteiger partial charge >= 0.3 is 12.1 Å². The Kier molecular flexibility index (Phi) is 2.60. The predicted molar refractivity (Wildman–Crippen MR) is 65.7 cm³/mol. The van der Waals surface area contributed by atoms with Crippen LogP contribution >= 0.6 is 0 Å². The minimum Gasteiger partial charge on any atom is -0.314 e. The van der Waals surface area contributed by atoms with Gasteiger partial charge in [0.25, 0.3) is 0 Å². The molecule has 4 amide bonds. The molecule has 2 aliphatic heterocycles. The average molecular weight is 252 g/mol. The van der Waals surface area contributed by atoms with E-state index in [9.17, 15) is 9.59 Å². The SMILES string of the molecule is CN1C(=O)N(C)[C@H]2[C@H]1NC(=O)N2C1CCCCC1. The van der Waals surface area contributed by atoms with Crippen LogP contribution in [0.25, 0.3) is 0 Å². The van der Waals surface area contributed by atoms with Crippen LogP contribution in [0.5, 0.6) is 0 Å². The molecule has 0 aromatic heterocycles. The average Bonchev–Trinajstić information content (AvgIpc) is 2.82. The van der Waals surface area contributed by atoms with Crippen molar-refractivity contribution in [2.75, 3.05) is 14.1 Å². The van der Waals surface area contributed by atoms with Crippen LogP contribution in [-0.4, -0.2) is 59.2 Å². The molecule has 0 spiro atoms. The van der Waals surface area contributed by atoms with Crippen molar-refractivity contribution in [2.45, 2.75) is 50.5 Å². The molecule has 1 N–H and O–H groups in total. The van der Waals surface area contributed by atoms with Crippen molar-refractivity contribution in [2.24, 2.45) is 0 Å². The standard InChI is InChI=1S/C12H20N4O2/c1-14-9-10(15(2)12(14)18)16(11(17)13-9)8-6-4-3-5-7-8/h8-10H,3-7H2,1-2H3,(H,13,17)/t9-,10+/m0/s1. The molecule has 100 valence electrons. The van der Waals surface area contributed by atoms with E-state index in [1.165, 1.54) is 19.3 Å². The van der Waals surface area contributed by atoms with Crippen molar-refractivity contribution < 1.29 is 9.59 Å². The number of hydrogen-bond acceptors (Lipinski definition) is 2. The summed E-state index contributed by atoms with van der Waals surface area (Å²) in [4.78, 5) is 29.3. The number of nitrogens with one attached hydrogen (secondary N) is 1. The summed E-state index contributed by atoms with van der Waals surface area (Å²) < 4.78 is 0. The zero-order chi connectivity index (χ0) is 12.9. The third-order valence-electron chi connectivity index (χ3n) is 4.46. The Morgan fingerprint density at radius 3 is 2.39 bits per heavy atom. The second kappa shape index (κ2) is 4.03. The first kappa shape index (κ1) is 11.6. The normalized spacial score (nSPS) is 33.1. The lowest BCUT2D eigenvalue weighted by atomic mass is 9.94. The maximum atomic E-state index is 12.1. The summed E-state index contributed by atoms with van der Waals surface area (Å²) in [5.74, 6) is 0. The zero-order valence-corrected chi connectivity index (χ0v) is 10.9. The predicted octanol–water partition coefficient (Wildman–Crippen LogP) is 0.994. The van der Waals surface area contributed by atoms with E-state index in [4.69, 9.17) is 0 Å². The molecule has 3 rings (SSSR count). The highest BCUT2D eigenvalue weighted by molar-refractivity contribution is 5.84. The first-order valence-corrected chi connectivity index (χ1v) is 6.69. The number of likely N-dealkylation sites (N-methyl/N-ethyl adjacent to an activating group) is 2. The molecule has 1 saturated carbocycles. The van der Waals surface area contributed by atoms with Gasteiger partial charge in [0.05, 0.1) is 0 Å². The molecule has 0 bridgehead atoms. The van der Waals surface area contributed by atoms with E-state index in [0.717, 1.165) is 12.8 Å². The molecule has 6 heteroatoms. The molecule has 3 aliphatic rings. The van der Waals surface area contributed by atoms with Crippen molar-refractivity contribution in [3.05, 3.63) is 0 Å². The number of rotatable bonds is 1. The lowest BCUT2D eigenvalue weighted by Gasteiger charge is -2.35. The van der Waals surface area contributed by atoms with Gasteiger partial charge in [-0.25, -0.2) is 9.59 Å². The van der Waals surface area contributed by atoms with Crippen LogP contribution in [0.1, 0.15) is 32.1 Å². The van der Waals surface area contributed by atoms with Gasteiger partial charge in [-0.15, -0.1) is 0 Å². The lowest BCUT2D eigenvalue weighted by Crippen LogP contribution is -2.50. The summed E-state index contributed by atoms with van der Waals surface area (Å²) in [6, 6.07) is 0.240. The molecular formula is C12H20N4O2. The van der Waals surface area contributed by atoms with Crippen molar-refractivity contribution in [3.63, 3.8) is 0 Å². The fourth-order valence-electron chi connectivity index (χ4n) is 3.47. The van der Waals surface area contributed by atoms with Gasteiger partial charge in [-0.2, -0.15) is 0 Å². The molecule has 0 unspecified atom stereocenters. The summed E-state index contributed by atoms with van der Waals surface area (Å²) in [5, 5.41) is 2.92. The van der Waals surface area contributed by atoms with E-state index >= 15 is 0 Å². The molecule has 0 radical (unpaired) electrons. The first-order valence-electron chi connectivity index (χ1n) is 6.69. The first-order chi connectivity index (χ1) is 8.61. The van der Waals surface area contributed by atoms with E-state index < -0.39 is 0 Å². The van der Waals surface area contributed by atoms with Gasteiger partial charge in [0.15, 0.2) is 0 Å². The summed E-state index contributed by atoms with van der Waals surface area (Å²) in [5.41, 5.74) is 0. The summed E-state index contributed by atoms with van der Waals surface area (Å²) in [6.45, 7) is 0. The van der Waals surface area contributed by atoms with Gasteiger partial charge in [0.1, 0.15) is 12.3 Å². The Labute approximate surface area is 107 Å². The Balaban J connectivity index is 1.85. The van der Waals surface area contributed by atoms with Gasteiger partial charge < -0.3 is 15.1 Å². The molecule has 2 atom stereocenters. The third kappa shape index (κ3) is 1.47. The van der Waals surface area contributed by atoms with E-state index in [2.05, 4.69) is 5.32 Å². The zero-order valence-electron chi connectivity index (χ0n) is 10.9. The van der Waals surface area contributed by atoms with Crippen LogP contribution < -0.4 is 5.32 Å². The number of hydrogen-bond donors (Lipinski definition) is 1. The van der Waals surface area contributed by atoms with Crippen molar-refractivity contribution in [3.8, 4) is 0 Å². The van der Waals surface area contributed by atoms with Crippen LogP contribution in [0.2, 0.25) is 0 Å². The van der Waals surface area contributed by atoms with Crippen LogP contribution in [0.3, 0.4) is 0 Å². The van der Waals surface area contributed by atoms with E-state index in [-0.39, 0.29) is 30.4 Å². The largest absolute Gasteiger partial charge is 0.323 e. The molecular weight excluding hydrogens is 232 g/mol. The highest BCUT2D eigenvalue weighted by Crippen LogP contribution is 2.32. The molecule has 2 heterocycles. The van der Waals surface area contributed by atoms with Crippen molar-refractivity contribution in [1.29, 1.82) is 0 Å². The van der Waals surface area contributed by atoms with E-state index in [0.29, 0.717) is 0 Å². The Morgan fingerprint density at radius 2 is 1.72 bits per heavy atom. The summed E-state index contributed by atoms with van der Waals surface area (Å²) in [7, 11) is 3.52. The number of carbonyl (C=O) groups is 2. The second-order valence-electron chi connectivity index (χ2n) is 5.51. The van der Waals surface area contributed by atoms with Gasteiger partial charge in [-0.1, -0.05) is 19.3 Å². The van der Waals surface area contributed by atoms with Crippen LogP contribution in [0, 0.1) is 0 Å². The van der Waals surface area contributed by atoms with Crippen LogP contribution in [-0.2, 0) is 0 Å². The molecule has 3 fully saturated rings. The number of amides is 4. The molecule has 2 saturated heterocycles. The third-order valence-corrected chi connectivity index (χ3v) is 4.46. The van der Waals surface area contributed by atoms with Crippen LogP contribution in [0.4, 0.5) is 9.59 Å². The number of nitrogens with zero attached hydrogens (tertiary/aromatic N) is 3. The fourth-order valence-corrected chi connectivity index (χ4v) is 3.47. The topological polar surface area (TPSA) is 55.9 Å². The van der Waals surface area contributed by atoms with Crippen molar-refractivity contribution in [1.82, 2.24) is 20.0 Å².